The summed E-state index contributed by atoms with van der Waals surface area (Å²) >= 11 is 0. The van der Waals surface area contributed by atoms with Gasteiger partial charge in [-0.15, -0.1) is 0 Å². The average molecular weight is 201 g/mol. The summed E-state index contributed by atoms with van der Waals surface area (Å²) in [5, 5.41) is 1.02. The molecule has 0 spiro atoms. The molecule has 2 N–H and O–H groups in total. The van der Waals surface area contributed by atoms with E-state index in [0.717, 1.165) is 17.2 Å². The Morgan fingerprint density at radius 1 is 1.47 bits per heavy atom. The van der Waals surface area contributed by atoms with Crippen LogP contribution in [0.1, 0.15) is 10.5 Å². The quantitative estimate of drug-likeness (QED) is 0.558. The lowest BCUT2D eigenvalue weighted by Gasteiger charge is -1.98. The maximum absolute atomic E-state index is 11.5. The number of nitrogens with two attached hydrogens (primary N) is 1. The number of fused-ring (bicyclic) bond motifs is 1. The van der Waals surface area contributed by atoms with Crippen molar-refractivity contribution in [1.82, 2.24) is 4.57 Å². The van der Waals surface area contributed by atoms with E-state index in [9.17, 15) is 4.79 Å². The number of amides is 1. The molecule has 0 radical (unpaired) electrons. The molecule has 0 atom stereocenters. The molecule has 4 heteroatoms. The van der Waals surface area contributed by atoms with Gasteiger partial charge in [-0.3, -0.25) is 4.79 Å². The first kappa shape index (κ1) is 9.45. The third-order valence-corrected chi connectivity index (χ3v) is 2.36. The van der Waals surface area contributed by atoms with E-state index in [1.165, 1.54) is 0 Å². The molecule has 0 aliphatic carbocycles. The molecule has 0 saturated heterocycles. The van der Waals surface area contributed by atoms with Gasteiger partial charge >= 0.3 is 0 Å². The molecule has 76 valence electrons. The van der Waals surface area contributed by atoms with Crippen LogP contribution in [-0.4, -0.2) is 16.8 Å². The Bertz CT molecular complexity index is 540. The molecule has 0 unspecified atom stereocenters. The van der Waals surface area contributed by atoms with E-state index in [1.807, 2.05) is 41.9 Å². The van der Waals surface area contributed by atoms with Gasteiger partial charge in [-0.25, -0.2) is 0 Å². The molecule has 1 aromatic carbocycles. The first-order valence-electron chi connectivity index (χ1n) is 4.57. The zero-order valence-corrected chi connectivity index (χ0v) is 8.34. The van der Waals surface area contributed by atoms with Gasteiger partial charge in [-0.1, -0.05) is 18.2 Å². The molecule has 2 aromatic rings. The van der Waals surface area contributed by atoms with Gasteiger partial charge in [-0.2, -0.15) is 4.99 Å². The molecule has 0 saturated carbocycles. The molecule has 0 aliphatic heterocycles. The van der Waals surface area contributed by atoms with Crippen molar-refractivity contribution >= 4 is 23.1 Å². The highest BCUT2D eigenvalue weighted by Crippen LogP contribution is 2.18. The van der Waals surface area contributed by atoms with Crippen molar-refractivity contribution in [2.24, 2.45) is 17.8 Å². The SMILES string of the molecule is Cn1c(C(=O)N=CN)cc2ccccc21. The molecule has 1 aromatic heterocycles. The zero-order valence-electron chi connectivity index (χ0n) is 8.34. The zero-order chi connectivity index (χ0) is 10.8. The van der Waals surface area contributed by atoms with Gasteiger partial charge < -0.3 is 10.3 Å². The summed E-state index contributed by atoms with van der Waals surface area (Å²) in [6.45, 7) is 0. The van der Waals surface area contributed by atoms with E-state index in [0.29, 0.717) is 5.69 Å². The number of para-hydroxylation sites is 1. The van der Waals surface area contributed by atoms with Crippen molar-refractivity contribution in [2.45, 2.75) is 0 Å². The number of nitrogens with zero attached hydrogens (tertiary/aromatic N) is 2. The van der Waals surface area contributed by atoms with E-state index in [2.05, 4.69) is 4.99 Å². The number of hydrogen-bond donors (Lipinski definition) is 1. The van der Waals surface area contributed by atoms with E-state index < -0.39 is 0 Å². The minimum atomic E-state index is -0.323. The molecule has 15 heavy (non-hydrogen) atoms. The highest BCUT2D eigenvalue weighted by atomic mass is 16.1. The van der Waals surface area contributed by atoms with Gasteiger partial charge in [0.25, 0.3) is 5.91 Å². The average Bonchev–Trinajstić information content (AvgIpc) is 2.57. The summed E-state index contributed by atoms with van der Waals surface area (Å²) in [4.78, 5) is 15.1. The fourth-order valence-corrected chi connectivity index (χ4v) is 1.63. The van der Waals surface area contributed by atoms with Crippen molar-refractivity contribution in [3.63, 3.8) is 0 Å². The van der Waals surface area contributed by atoms with Gasteiger partial charge in [-0.05, 0) is 12.1 Å². The summed E-state index contributed by atoms with van der Waals surface area (Å²) in [7, 11) is 1.83. The molecule has 0 bridgehead atoms. The summed E-state index contributed by atoms with van der Waals surface area (Å²) in [5.41, 5.74) is 6.64. The van der Waals surface area contributed by atoms with Crippen molar-refractivity contribution in [2.75, 3.05) is 0 Å². The standard InChI is InChI=1S/C11H11N3O/c1-14-9-5-3-2-4-8(9)6-10(14)11(15)13-7-12/h2-7H,1H3,(H2,12,13,15). The summed E-state index contributed by atoms with van der Waals surface area (Å²) in [6, 6.07) is 9.59. The molecular formula is C11H11N3O. The van der Waals surface area contributed by atoms with Gasteiger partial charge in [0.2, 0.25) is 0 Å². The second-order valence-corrected chi connectivity index (χ2v) is 3.23. The molecular weight excluding hydrogens is 190 g/mol. The molecule has 1 heterocycles. The van der Waals surface area contributed by atoms with Crippen LogP contribution in [0, 0.1) is 0 Å². The maximum atomic E-state index is 11.5. The second-order valence-electron chi connectivity index (χ2n) is 3.23. The van der Waals surface area contributed by atoms with Crippen LogP contribution in [0.15, 0.2) is 35.3 Å². The van der Waals surface area contributed by atoms with Crippen molar-refractivity contribution in [1.29, 1.82) is 0 Å². The van der Waals surface area contributed by atoms with Crippen molar-refractivity contribution < 1.29 is 4.79 Å². The van der Waals surface area contributed by atoms with Crippen molar-refractivity contribution in [3.8, 4) is 0 Å². The number of aryl methyl sites for hydroxylation is 1. The normalized spacial score (nSPS) is 11.3. The fraction of sp³-hybridized carbons (Fsp3) is 0.0909. The third-order valence-electron chi connectivity index (χ3n) is 2.36. The third kappa shape index (κ3) is 1.50. The Kier molecular flexibility index (Phi) is 2.25. The second kappa shape index (κ2) is 3.57. The molecule has 1 amide bonds. The summed E-state index contributed by atoms with van der Waals surface area (Å²) in [5.74, 6) is -0.323. The number of aliphatic imine (C=N–C) groups is 1. The van der Waals surface area contributed by atoms with Crippen LogP contribution < -0.4 is 5.73 Å². The Morgan fingerprint density at radius 2 is 2.20 bits per heavy atom. The minimum absolute atomic E-state index is 0.323. The number of rotatable bonds is 1. The van der Waals surface area contributed by atoms with E-state index >= 15 is 0 Å². The number of hydrogen-bond acceptors (Lipinski definition) is 1. The smallest absolute Gasteiger partial charge is 0.294 e. The molecule has 0 fully saturated rings. The lowest BCUT2D eigenvalue weighted by molar-refractivity contribution is 0.0996. The van der Waals surface area contributed by atoms with Gasteiger partial charge in [0.1, 0.15) is 5.69 Å². The monoisotopic (exact) mass is 201 g/mol. The highest BCUT2D eigenvalue weighted by Gasteiger charge is 2.10. The summed E-state index contributed by atoms with van der Waals surface area (Å²) < 4.78 is 1.81. The minimum Gasteiger partial charge on any atom is -0.390 e. The lowest BCUT2D eigenvalue weighted by atomic mass is 10.2. The number of aromatic nitrogens is 1. The highest BCUT2D eigenvalue weighted by molar-refractivity contribution is 6.01. The first-order valence-corrected chi connectivity index (χ1v) is 4.57. The van der Waals surface area contributed by atoms with Crippen LogP contribution in [0.5, 0.6) is 0 Å². The van der Waals surface area contributed by atoms with E-state index in [1.54, 1.807) is 0 Å². The predicted molar refractivity (Wildman–Crippen MR) is 59.9 cm³/mol. The summed E-state index contributed by atoms with van der Waals surface area (Å²) in [6.07, 6.45) is 1.01. The van der Waals surface area contributed by atoms with Gasteiger partial charge in [0, 0.05) is 18.0 Å². The Labute approximate surface area is 87.0 Å². The van der Waals surface area contributed by atoms with Crippen LogP contribution >= 0.6 is 0 Å². The fourth-order valence-electron chi connectivity index (χ4n) is 1.63. The van der Waals surface area contributed by atoms with E-state index in [4.69, 9.17) is 5.73 Å². The lowest BCUT2D eigenvalue weighted by Crippen LogP contribution is -2.04. The topological polar surface area (TPSA) is 60.4 Å². The van der Waals surface area contributed by atoms with Crippen LogP contribution in [-0.2, 0) is 7.05 Å². The van der Waals surface area contributed by atoms with Crippen molar-refractivity contribution in [3.05, 3.63) is 36.0 Å². The predicted octanol–water partition coefficient (Wildman–Crippen LogP) is 1.31. The van der Waals surface area contributed by atoms with Gasteiger partial charge in [0.05, 0.1) is 6.34 Å². The maximum Gasteiger partial charge on any atom is 0.294 e. The van der Waals surface area contributed by atoms with Crippen LogP contribution in [0.25, 0.3) is 10.9 Å². The van der Waals surface area contributed by atoms with Crippen LogP contribution in [0.4, 0.5) is 0 Å². The molecule has 0 aliphatic rings. The largest absolute Gasteiger partial charge is 0.390 e. The first-order chi connectivity index (χ1) is 7.24. The molecule has 4 nitrogen and oxygen atoms in total. The Hall–Kier alpha value is -2.10. The van der Waals surface area contributed by atoms with Crippen LogP contribution in [0.3, 0.4) is 0 Å². The Balaban J connectivity index is 2.63. The Morgan fingerprint density at radius 3 is 2.87 bits per heavy atom. The number of carbonyl (C=O) groups excluding carboxylic acids is 1. The van der Waals surface area contributed by atoms with Crippen LogP contribution in [0.2, 0.25) is 0 Å². The van der Waals surface area contributed by atoms with E-state index in [-0.39, 0.29) is 5.91 Å². The molecule has 2 rings (SSSR count). The number of carbonyl (C=O) groups is 1. The number of benzene rings is 1. The van der Waals surface area contributed by atoms with Gasteiger partial charge in [0.15, 0.2) is 0 Å².